The first-order chi connectivity index (χ1) is 10.6. The van der Waals surface area contributed by atoms with E-state index in [1.165, 1.54) is 10.5 Å². The van der Waals surface area contributed by atoms with Gasteiger partial charge in [-0.05, 0) is 60.6 Å². The Hall–Kier alpha value is -1.24. The van der Waals surface area contributed by atoms with Crippen molar-refractivity contribution in [3.8, 4) is 0 Å². The Kier molecular flexibility index (Phi) is 6.54. The third kappa shape index (κ3) is 5.19. The maximum absolute atomic E-state index is 11.3. The van der Waals surface area contributed by atoms with Crippen LogP contribution in [0.5, 0.6) is 0 Å². The largest absolute Gasteiger partial charge is 0.612 e. The van der Waals surface area contributed by atoms with Crippen LogP contribution in [0.4, 0.5) is 4.79 Å². The van der Waals surface area contributed by atoms with Gasteiger partial charge in [0.1, 0.15) is 6.26 Å². The highest BCUT2D eigenvalue weighted by Gasteiger charge is 2.21. The van der Waals surface area contributed by atoms with E-state index in [0.29, 0.717) is 19.0 Å². The van der Waals surface area contributed by atoms with Gasteiger partial charge in [-0.2, -0.15) is 0 Å². The molecule has 5 nitrogen and oxygen atoms in total. The zero-order chi connectivity index (χ0) is 15.9. The quantitative estimate of drug-likeness (QED) is 0.622. The van der Waals surface area contributed by atoms with E-state index in [1.54, 1.807) is 6.26 Å². The Balaban J connectivity index is 1.62. The summed E-state index contributed by atoms with van der Waals surface area (Å²) in [5, 5.41) is 12.3. The molecule has 0 aromatic heterocycles. The zero-order valence-corrected chi connectivity index (χ0v) is 13.8. The summed E-state index contributed by atoms with van der Waals surface area (Å²) in [6, 6.07) is 7.84. The second-order valence-electron chi connectivity index (χ2n) is 5.78. The van der Waals surface area contributed by atoms with Crippen LogP contribution in [-0.2, 0) is 17.7 Å². The number of carboxylic acid groups (broad SMARTS) is 1. The van der Waals surface area contributed by atoms with E-state index in [2.05, 4.69) is 5.32 Å². The summed E-state index contributed by atoms with van der Waals surface area (Å²) < 4.78 is 11.3. The predicted octanol–water partition coefficient (Wildman–Crippen LogP) is 2.29. The first-order valence-corrected chi connectivity index (χ1v) is 9.23. The molecule has 1 aliphatic heterocycles. The lowest BCUT2D eigenvalue weighted by molar-refractivity contribution is 0.123. The maximum atomic E-state index is 11.3. The Morgan fingerprint density at radius 1 is 1.36 bits per heavy atom. The molecule has 2 rings (SSSR count). The van der Waals surface area contributed by atoms with E-state index < -0.39 is 17.3 Å². The summed E-state index contributed by atoms with van der Waals surface area (Å²) in [6.45, 7) is 3.08. The van der Waals surface area contributed by atoms with E-state index in [-0.39, 0.29) is 0 Å². The minimum absolute atomic E-state index is 0.619. The molecule has 0 bridgehead atoms. The third-order valence-corrected chi connectivity index (χ3v) is 5.13. The molecule has 1 heterocycles. The van der Waals surface area contributed by atoms with Crippen molar-refractivity contribution in [2.45, 2.75) is 30.7 Å². The fourth-order valence-corrected chi connectivity index (χ4v) is 3.27. The van der Waals surface area contributed by atoms with Crippen LogP contribution in [0.3, 0.4) is 0 Å². The number of nitrogens with zero attached hydrogens (tertiary/aromatic N) is 1. The number of hydrogen-bond acceptors (Lipinski definition) is 3. The summed E-state index contributed by atoms with van der Waals surface area (Å²) in [5.41, 5.74) is 1.19. The van der Waals surface area contributed by atoms with Gasteiger partial charge in [-0.1, -0.05) is 12.1 Å². The number of piperidine rings is 1. The Bertz CT molecular complexity index is 471. The minimum atomic E-state index is -0.921. The normalized spacial score (nSPS) is 17.5. The monoisotopic (exact) mass is 324 g/mol. The van der Waals surface area contributed by atoms with Gasteiger partial charge >= 0.3 is 6.09 Å². The van der Waals surface area contributed by atoms with Crippen molar-refractivity contribution in [3.05, 3.63) is 29.8 Å². The number of benzene rings is 1. The SMILES string of the molecule is C[S+]([O-])c1ccc(CNCCC2CCN(C(=O)O)CC2)cc1. The van der Waals surface area contributed by atoms with Crippen LogP contribution < -0.4 is 5.32 Å². The molecular weight excluding hydrogens is 300 g/mol. The van der Waals surface area contributed by atoms with Crippen molar-refractivity contribution in [1.29, 1.82) is 0 Å². The lowest BCUT2D eigenvalue weighted by Crippen LogP contribution is -2.38. The molecule has 1 amide bonds. The average Bonchev–Trinajstić information content (AvgIpc) is 2.52. The van der Waals surface area contributed by atoms with Gasteiger partial charge < -0.3 is 19.9 Å². The van der Waals surface area contributed by atoms with Crippen LogP contribution in [0, 0.1) is 5.92 Å². The topological polar surface area (TPSA) is 75.6 Å². The number of likely N-dealkylation sites (tertiary alicyclic amines) is 1. The molecule has 22 heavy (non-hydrogen) atoms. The summed E-state index contributed by atoms with van der Waals surface area (Å²) in [7, 11) is 0. The van der Waals surface area contributed by atoms with Gasteiger partial charge in [-0.15, -0.1) is 0 Å². The minimum Gasteiger partial charge on any atom is -0.612 e. The molecule has 0 saturated carbocycles. The highest BCUT2D eigenvalue weighted by molar-refractivity contribution is 7.90. The molecular formula is C16H24N2O3S. The van der Waals surface area contributed by atoms with Crippen molar-refractivity contribution in [1.82, 2.24) is 10.2 Å². The predicted molar refractivity (Wildman–Crippen MR) is 87.4 cm³/mol. The van der Waals surface area contributed by atoms with Gasteiger partial charge in [0.15, 0.2) is 4.90 Å². The van der Waals surface area contributed by atoms with E-state index in [4.69, 9.17) is 5.11 Å². The molecule has 122 valence electrons. The van der Waals surface area contributed by atoms with Gasteiger partial charge in [0.2, 0.25) is 0 Å². The van der Waals surface area contributed by atoms with Crippen LogP contribution in [0.2, 0.25) is 0 Å². The summed E-state index contributed by atoms with van der Waals surface area (Å²) in [6.07, 6.45) is 3.90. The fourth-order valence-electron chi connectivity index (χ4n) is 2.75. The van der Waals surface area contributed by atoms with Gasteiger partial charge in [-0.25, -0.2) is 4.79 Å². The molecule has 1 unspecified atom stereocenters. The number of hydrogen-bond donors (Lipinski definition) is 2. The Labute approximate surface area is 134 Å². The molecule has 1 fully saturated rings. The molecule has 1 aromatic rings. The highest BCUT2D eigenvalue weighted by Crippen LogP contribution is 2.20. The lowest BCUT2D eigenvalue weighted by Gasteiger charge is -2.29. The number of carbonyl (C=O) groups is 1. The third-order valence-electron chi connectivity index (χ3n) is 4.20. The average molecular weight is 324 g/mol. The van der Waals surface area contributed by atoms with Gasteiger partial charge in [0, 0.05) is 19.6 Å². The van der Waals surface area contributed by atoms with E-state index in [9.17, 15) is 9.35 Å². The van der Waals surface area contributed by atoms with Gasteiger partial charge in [0.05, 0.1) is 0 Å². The molecule has 0 aliphatic carbocycles. The molecule has 1 aromatic carbocycles. The van der Waals surface area contributed by atoms with Crippen LogP contribution in [0.25, 0.3) is 0 Å². The number of rotatable bonds is 6. The second-order valence-corrected chi connectivity index (χ2v) is 7.16. The summed E-state index contributed by atoms with van der Waals surface area (Å²) in [4.78, 5) is 13.2. The number of amides is 1. The summed E-state index contributed by atoms with van der Waals surface area (Å²) >= 11 is -0.921. The standard InChI is InChI=1S/C16H24N2O3S/c1-22(21)15-4-2-14(3-5-15)12-17-9-6-13-7-10-18(11-8-13)16(19)20/h2-5,13,17H,6-12H2,1H3,(H,19,20). The van der Waals surface area contributed by atoms with E-state index in [0.717, 1.165) is 37.2 Å². The lowest BCUT2D eigenvalue weighted by atomic mass is 9.94. The van der Waals surface area contributed by atoms with E-state index in [1.807, 2.05) is 24.3 Å². The van der Waals surface area contributed by atoms with Crippen molar-refractivity contribution in [2.24, 2.45) is 5.92 Å². The van der Waals surface area contributed by atoms with Crippen molar-refractivity contribution < 1.29 is 14.5 Å². The molecule has 1 atom stereocenters. The first-order valence-electron chi connectivity index (χ1n) is 7.67. The Morgan fingerprint density at radius 2 is 2.00 bits per heavy atom. The van der Waals surface area contributed by atoms with Crippen LogP contribution in [0.15, 0.2) is 29.2 Å². The fraction of sp³-hybridized carbons (Fsp3) is 0.562. The molecule has 0 spiro atoms. The van der Waals surface area contributed by atoms with Crippen molar-refractivity contribution in [2.75, 3.05) is 25.9 Å². The summed E-state index contributed by atoms with van der Waals surface area (Å²) in [5.74, 6) is 0.619. The van der Waals surface area contributed by atoms with Crippen LogP contribution in [0.1, 0.15) is 24.8 Å². The van der Waals surface area contributed by atoms with E-state index >= 15 is 0 Å². The van der Waals surface area contributed by atoms with Crippen molar-refractivity contribution >= 4 is 17.3 Å². The maximum Gasteiger partial charge on any atom is 0.407 e. The smallest absolute Gasteiger partial charge is 0.407 e. The highest BCUT2D eigenvalue weighted by atomic mass is 32.2. The zero-order valence-electron chi connectivity index (χ0n) is 13.0. The van der Waals surface area contributed by atoms with Gasteiger partial charge in [0.25, 0.3) is 0 Å². The van der Waals surface area contributed by atoms with Crippen LogP contribution in [-0.4, -0.2) is 46.5 Å². The first kappa shape index (κ1) is 17.1. The molecule has 1 aliphatic rings. The van der Waals surface area contributed by atoms with Crippen LogP contribution >= 0.6 is 0 Å². The van der Waals surface area contributed by atoms with Gasteiger partial charge in [-0.3, -0.25) is 0 Å². The number of nitrogens with one attached hydrogen (secondary N) is 1. The molecule has 2 N–H and O–H groups in total. The molecule has 0 radical (unpaired) electrons. The van der Waals surface area contributed by atoms with Crippen molar-refractivity contribution in [3.63, 3.8) is 0 Å². The molecule has 6 heteroatoms. The molecule has 1 saturated heterocycles. The Morgan fingerprint density at radius 3 is 2.55 bits per heavy atom. The second kappa shape index (κ2) is 8.41.